The molecule has 30 heavy (non-hydrogen) atoms. The first-order valence-corrected chi connectivity index (χ1v) is 8.89. The molecule has 1 aromatic heterocycles. The van der Waals surface area contributed by atoms with Crippen LogP contribution in [0.5, 0.6) is 11.5 Å². The molecule has 0 fully saturated rings. The SMILES string of the molecule is COC(=O)c1cccc(-c2ccc(/C=N\NC(=O)c3ccc(OC)cc3OC)o2)c1. The summed E-state index contributed by atoms with van der Waals surface area (Å²) in [7, 11) is 4.32. The summed E-state index contributed by atoms with van der Waals surface area (Å²) in [6, 6.07) is 15.2. The fourth-order valence-corrected chi connectivity index (χ4v) is 2.70. The van der Waals surface area contributed by atoms with Gasteiger partial charge in [0, 0.05) is 11.6 Å². The van der Waals surface area contributed by atoms with Crippen LogP contribution in [-0.2, 0) is 4.74 Å². The van der Waals surface area contributed by atoms with E-state index in [0.29, 0.717) is 39.7 Å². The molecule has 0 saturated heterocycles. The summed E-state index contributed by atoms with van der Waals surface area (Å²) in [6.07, 6.45) is 1.38. The van der Waals surface area contributed by atoms with Crippen molar-refractivity contribution < 1.29 is 28.2 Å². The van der Waals surface area contributed by atoms with Gasteiger partial charge in [-0.2, -0.15) is 5.10 Å². The molecule has 0 bridgehead atoms. The lowest BCUT2D eigenvalue weighted by atomic mass is 10.1. The van der Waals surface area contributed by atoms with Gasteiger partial charge in [0.25, 0.3) is 5.91 Å². The Morgan fingerprint density at radius 1 is 1.00 bits per heavy atom. The molecule has 0 radical (unpaired) electrons. The monoisotopic (exact) mass is 408 g/mol. The highest BCUT2D eigenvalue weighted by atomic mass is 16.5. The summed E-state index contributed by atoms with van der Waals surface area (Å²) in [6.45, 7) is 0. The Balaban J connectivity index is 1.69. The molecular weight excluding hydrogens is 388 g/mol. The topological polar surface area (TPSA) is 99.4 Å². The third-order valence-electron chi connectivity index (χ3n) is 4.21. The number of benzene rings is 2. The van der Waals surface area contributed by atoms with Crippen molar-refractivity contribution in [1.29, 1.82) is 0 Å². The molecule has 0 spiro atoms. The van der Waals surface area contributed by atoms with E-state index < -0.39 is 11.9 Å². The Morgan fingerprint density at radius 2 is 1.83 bits per heavy atom. The van der Waals surface area contributed by atoms with Crippen molar-refractivity contribution in [2.75, 3.05) is 21.3 Å². The highest BCUT2D eigenvalue weighted by Gasteiger charge is 2.13. The van der Waals surface area contributed by atoms with E-state index in [0.717, 1.165) is 0 Å². The number of rotatable bonds is 7. The Labute approximate surface area is 173 Å². The standard InChI is InChI=1S/C22H20N2O6/c1-27-16-7-9-18(20(12-16)28-2)21(25)24-23-13-17-8-10-19(30-17)14-5-4-6-15(11-14)22(26)29-3/h4-13H,1-3H3,(H,24,25)/b23-13-. The van der Waals surface area contributed by atoms with Crippen molar-refractivity contribution in [1.82, 2.24) is 5.43 Å². The number of carbonyl (C=O) groups is 2. The first-order valence-electron chi connectivity index (χ1n) is 8.89. The highest BCUT2D eigenvalue weighted by molar-refractivity contribution is 5.97. The number of esters is 1. The first kappa shape index (κ1) is 20.7. The molecule has 1 N–H and O–H groups in total. The minimum Gasteiger partial charge on any atom is -0.497 e. The van der Waals surface area contributed by atoms with Crippen LogP contribution in [0.2, 0.25) is 0 Å². The molecule has 0 saturated carbocycles. The molecule has 154 valence electrons. The lowest BCUT2D eigenvalue weighted by Crippen LogP contribution is -2.18. The summed E-state index contributed by atoms with van der Waals surface area (Å²) >= 11 is 0. The number of hydrazone groups is 1. The summed E-state index contributed by atoms with van der Waals surface area (Å²) in [5.74, 6) is 1.05. The van der Waals surface area contributed by atoms with E-state index in [4.69, 9.17) is 18.6 Å². The zero-order valence-electron chi connectivity index (χ0n) is 16.7. The van der Waals surface area contributed by atoms with Gasteiger partial charge in [-0.3, -0.25) is 4.79 Å². The predicted octanol–water partition coefficient (Wildman–Crippen LogP) is 3.51. The fourth-order valence-electron chi connectivity index (χ4n) is 2.70. The van der Waals surface area contributed by atoms with Gasteiger partial charge in [-0.25, -0.2) is 10.2 Å². The maximum Gasteiger partial charge on any atom is 0.337 e. The molecule has 1 amide bonds. The molecule has 3 aromatic rings. The molecule has 3 rings (SSSR count). The van der Waals surface area contributed by atoms with Crippen LogP contribution in [0.4, 0.5) is 0 Å². The molecular formula is C22H20N2O6. The number of nitrogens with zero attached hydrogens (tertiary/aromatic N) is 1. The summed E-state index contributed by atoms with van der Waals surface area (Å²) in [5.41, 5.74) is 3.88. The Bertz CT molecular complexity index is 1090. The van der Waals surface area contributed by atoms with Gasteiger partial charge < -0.3 is 18.6 Å². The number of furan rings is 1. The normalized spacial score (nSPS) is 10.6. The number of hydrogen-bond donors (Lipinski definition) is 1. The van der Waals surface area contributed by atoms with Gasteiger partial charge in [0.1, 0.15) is 23.0 Å². The smallest absolute Gasteiger partial charge is 0.337 e. The quantitative estimate of drug-likeness (QED) is 0.365. The van der Waals surface area contributed by atoms with Crippen molar-refractivity contribution in [3.63, 3.8) is 0 Å². The predicted molar refractivity (Wildman–Crippen MR) is 110 cm³/mol. The van der Waals surface area contributed by atoms with E-state index in [9.17, 15) is 9.59 Å². The molecule has 1 heterocycles. The maximum absolute atomic E-state index is 12.4. The number of methoxy groups -OCH3 is 3. The van der Waals surface area contributed by atoms with Gasteiger partial charge in [0.2, 0.25) is 0 Å². The van der Waals surface area contributed by atoms with Crippen LogP contribution in [0.3, 0.4) is 0 Å². The minimum absolute atomic E-state index is 0.315. The van der Waals surface area contributed by atoms with Crippen molar-refractivity contribution in [2.45, 2.75) is 0 Å². The van der Waals surface area contributed by atoms with E-state index in [1.165, 1.54) is 27.5 Å². The second-order valence-electron chi connectivity index (χ2n) is 6.04. The van der Waals surface area contributed by atoms with E-state index in [2.05, 4.69) is 10.5 Å². The third-order valence-corrected chi connectivity index (χ3v) is 4.21. The third kappa shape index (κ3) is 4.67. The molecule has 8 nitrogen and oxygen atoms in total. The van der Waals surface area contributed by atoms with Gasteiger partial charge in [0.05, 0.1) is 38.7 Å². The van der Waals surface area contributed by atoms with Crippen LogP contribution in [-0.4, -0.2) is 39.4 Å². The second kappa shape index (κ2) is 9.42. The molecule has 0 aliphatic carbocycles. The van der Waals surface area contributed by atoms with E-state index in [-0.39, 0.29) is 0 Å². The van der Waals surface area contributed by atoms with Crippen LogP contribution in [0.1, 0.15) is 26.5 Å². The van der Waals surface area contributed by atoms with Gasteiger partial charge in [-0.15, -0.1) is 0 Å². The Morgan fingerprint density at radius 3 is 2.57 bits per heavy atom. The van der Waals surface area contributed by atoms with Gasteiger partial charge >= 0.3 is 5.97 Å². The number of ether oxygens (including phenoxy) is 3. The minimum atomic E-state index is -0.441. The van der Waals surface area contributed by atoms with Crippen molar-refractivity contribution >= 4 is 18.1 Å². The van der Waals surface area contributed by atoms with Crippen LogP contribution in [0, 0.1) is 0 Å². The summed E-state index contributed by atoms with van der Waals surface area (Å²) in [5, 5.41) is 3.92. The first-order chi connectivity index (χ1) is 14.5. The van der Waals surface area contributed by atoms with Gasteiger partial charge in [0.15, 0.2) is 0 Å². The van der Waals surface area contributed by atoms with Crippen molar-refractivity contribution in [2.24, 2.45) is 5.10 Å². The Kier molecular flexibility index (Phi) is 6.49. The largest absolute Gasteiger partial charge is 0.497 e. The molecule has 0 aliphatic heterocycles. The maximum atomic E-state index is 12.4. The fraction of sp³-hybridized carbons (Fsp3) is 0.136. The van der Waals surface area contributed by atoms with Crippen LogP contribution in [0.15, 0.2) is 64.1 Å². The van der Waals surface area contributed by atoms with Crippen molar-refractivity contribution in [3.05, 3.63) is 71.5 Å². The molecule has 0 unspecified atom stereocenters. The van der Waals surface area contributed by atoms with Gasteiger partial charge in [-0.05, 0) is 36.4 Å². The number of amides is 1. The summed E-state index contributed by atoms with van der Waals surface area (Å²) < 4.78 is 20.8. The molecule has 8 heteroatoms. The average molecular weight is 408 g/mol. The number of hydrogen-bond acceptors (Lipinski definition) is 7. The number of nitrogens with one attached hydrogen (secondary N) is 1. The second-order valence-corrected chi connectivity index (χ2v) is 6.04. The average Bonchev–Trinajstić information content (AvgIpc) is 3.27. The molecule has 2 aromatic carbocycles. The Hall–Kier alpha value is -4.07. The zero-order chi connectivity index (χ0) is 21.5. The molecule has 0 aliphatic rings. The van der Waals surface area contributed by atoms with Crippen molar-refractivity contribution in [3.8, 4) is 22.8 Å². The van der Waals surface area contributed by atoms with Crippen LogP contribution in [0.25, 0.3) is 11.3 Å². The molecule has 0 atom stereocenters. The lowest BCUT2D eigenvalue weighted by molar-refractivity contribution is 0.0600. The van der Waals surface area contributed by atoms with Crippen LogP contribution >= 0.6 is 0 Å². The van der Waals surface area contributed by atoms with E-state index >= 15 is 0 Å². The highest BCUT2D eigenvalue weighted by Crippen LogP contribution is 2.25. The lowest BCUT2D eigenvalue weighted by Gasteiger charge is -2.08. The van der Waals surface area contributed by atoms with Crippen LogP contribution < -0.4 is 14.9 Å². The number of carbonyl (C=O) groups excluding carboxylic acids is 2. The van der Waals surface area contributed by atoms with E-state index in [1.807, 2.05) is 6.07 Å². The summed E-state index contributed by atoms with van der Waals surface area (Å²) in [4.78, 5) is 24.0. The van der Waals surface area contributed by atoms with Gasteiger partial charge in [-0.1, -0.05) is 12.1 Å². The van der Waals surface area contributed by atoms with E-state index in [1.54, 1.807) is 48.5 Å². The zero-order valence-corrected chi connectivity index (χ0v) is 16.7.